The normalized spacial score (nSPS) is 11.7. The predicted molar refractivity (Wildman–Crippen MR) is 115 cm³/mol. The minimum Gasteiger partial charge on any atom is -0.497 e. The van der Waals surface area contributed by atoms with Gasteiger partial charge in [-0.05, 0) is 49.6 Å². The molecule has 1 unspecified atom stereocenters. The number of nitrogens with one attached hydrogen (secondary N) is 2. The van der Waals surface area contributed by atoms with E-state index in [2.05, 4.69) is 28.6 Å². The van der Waals surface area contributed by atoms with Crippen LogP contribution in [0.3, 0.4) is 0 Å². The number of benzene rings is 2. The first kappa shape index (κ1) is 19.9. The van der Waals surface area contributed by atoms with Crippen LogP contribution in [0.5, 0.6) is 5.75 Å². The highest BCUT2D eigenvalue weighted by atomic mass is 32.1. The van der Waals surface area contributed by atoms with Gasteiger partial charge in [-0.15, -0.1) is 0 Å². The van der Waals surface area contributed by atoms with Crippen molar-refractivity contribution in [3.63, 3.8) is 0 Å². The zero-order chi connectivity index (χ0) is 20.1. The van der Waals surface area contributed by atoms with Crippen LogP contribution in [-0.2, 0) is 6.42 Å². The first-order valence-corrected chi connectivity index (χ1v) is 10.1. The van der Waals surface area contributed by atoms with Crippen molar-refractivity contribution in [2.24, 2.45) is 0 Å². The van der Waals surface area contributed by atoms with Crippen molar-refractivity contribution < 1.29 is 9.53 Å². The molecule has 0 bridgehead atoms. The summed E-state index contributed by atoms with van der Waals surface area (Å²) >= 11 is 1.37. The monoisotopic (exact) mass is 395 g/mol. The van der Waals surface area contributed by atoms with Crippen molar-refractivity contribution in [3.8, 4) is 5.75 Å². The summed E-state index contributed by atoms with van der Waals surface area (Å²) in [6.45, 7) is 5.94. The summed E-state index contributed by atoms with van der Waals surface area (Å²) in [5.74, 6) is 0.679. The smallest absolute Gasteiger partial charge is 0.263 e. The van der Waals surface area contributed by atoms with Crippen molar-refractivity contribution in [2.75, 3.05) is 12.4 Å². The molecule has 0 spiro atoms. The topological polar surface area (TPSA) is 63.2 Å². The van der Waals surface area contributed by atoms with E-state index in [0.29, 0.717) is 4.88 Å². The SMILES string of the molecule is CCc1ccccc1Nc1nc(C)c(C(=O)NC(C)c2ccc(OC)cc2)s1. The second kappa shape index (κ2) is 8.89. The van der Waals surface area contributed by atoms with Gasteiger partial charge in [-0.1, -0.05) is 48.6 Å². The molecule has 0 aliphatic heterocycles. The van der Waals surface area contributed by atoms with Gasteiger partial charge in [0.15, 0.2) is 5.13 Å². The Balaban J connectivity index is 1.71. The van der Waals surface area contributed by atoms with Gasteiger partial charge in [0.1, 0.15) is 10.6 Å². The molecule has 2 aromatic carbocycles. The van der Waals surface area contributed by atoms with Crippen molar-refractivity contribution >= 4 is 28.1 Å². The molecule has 5 nitrogen and oxygen atoms in total. The Labute approximate surface area is 169 Å². The molecule has 3 rings (SSSR count). The van der Waals surface area contributed by atoms with E-state index in [0.717, 1.165) is 34.2 Å². The van der Waals surface area contributed by atoms with E-state index in [1.165, 1.54) is 16.9 Å². The number of para-hydroxylation sites is 1. The molecule has 0 fully saturated rings. The van der Waals surface area contributed by atoms with Crippen LogP contribution >= 0.6 is 11.3 Å². The molecule has 3 aromatic rings. The number of hydrogen-bond donors (Lipinski definition) is 2. The van der Waals surface area contributed by atoms with Crippen LogP contribution in [0, 0.1) is 6.92 Å². The molecule has 28 heavy (non-hydrogen) atoms. The third kappa shape index (κ3) is 4.51. The maximum absolute atomic E-state index is 12.8. The summed E-state index contributed by atoms with van der Waals surface area (Å²) in [5, 5.41) is 7.13. The highest BCUT2D eigenvalue weighted by Gasteiger charge is 2.18. The second-order valence-corrected chi connectivity index (χ2v) is 7.54. The average molecular weight is 396 g/mol. The standard InChI is InChI=1S/C22H25N3O2S/c1-5-16-8-6-7-9-19(16)25-22-24-15(3)20(28-22)21(26)23-14(2)17-10-12-18(27-4)13-11-17/h6-14H,5H2,1-4H3,(H,23,26)(H,24,25). The fraction of sp³-hybridized carbons (Fsp3) is 0.273. The maximum Gasteiger partial charge on any atom is 0.263 e. The molecule has 0 aliphatic carbocycles. The lowest BCUT2D eigenvalue weighted by Crippen LogP contribution is -2.26. The molecule has 1 aromatic heterocycles. The van der Waals surface area contributed by atoms with Crippen LogP contribution in [0.2, 0.25) is 0 Å². The molecular weight excluding hydrogens is 370 g/mol. The molecule has 0 aliphatic rings. The van der Waals surface area contributed by atoms with Gasteiger partial charge in [0, 0.05) is 5.69 Å². The van der Waals surface area contributed by atoms with E-state index in [1.54, 1.807) is 7.11 Å². The number of amides is 1. The summed E-state index contributed by atoms with van der Waals surface area (Å²) in [7, 11) is 1.64. The van der Waals surface area contributed by atoms with Gasteiger partial charge in [-0.2, -0.15) is 0 Å². The van der Waals surface area contributed by atoms with Crippen LogP contribution in [0.4, 0.5) is 10.8 Å². The molecule has 1 atom stereocenters. The van der Waals surface area contributed by atoms with Crippen LogP contribution in [0.1, 0.15) is 46.4 Å². The Morgan fingerprint density at radius 2 is 1.89 bits per heavy atom. The van der Waals surface area contributed by atoms with Crippen molar-refractivity contribution in [3.05, 3.63) is 70.2 Å². The number of thiazole rings is 1. The third-order valence-corrected chi connectivity index (χ3v) is 5.68. The Bertz CT molecular complexity index is 951. The zero-order valence-electron chi connectivity index (χ0n) is 16.6. The van der Waals surface area contributed by atoms with Crippen molar-refractivity contribution in [1.82, 2.24) is 10.3 Å². The minimum atomic E-state index is -0.116. The number of ether oxygens (including phenoxy) is 1. The number of carbonyl (C=O) groups excluding carboxylic acids is 1. The van der Waals surface area contributed by atoms with E-state index >= 15 is 0 Å². The summed E-state index contributed by atoms with van der Waals surface area (Å²) in [4.78, 5) is 17.9. The van der Waals surface area contributed by atoms with Crippen molar-refractivity contribution in [1.29, 1.82) is 0 Å². The largest absolute Gasteiger partial charge is 0.497 e. The number of rotatable bonds is 7. The molecular formula is C22H25N3O2S. The lowest BCUT2D eigenvalue weighted by atomic mass is 10.1. The third-order valence-electron chi connectivity index (χ3n) is 4.61. The van der Waals surface area contributed by atoms with Crippen LogP contribution in [-0.4, -0.2) is 18.0 Å². The van der Waals surface area contributed by atoms with Crippen LogP contribution in [0.25, 0.3) is 0 Å². The van der Waals surface area contributed by atoms with Gasteiger partial charge in [0.2, 0.25) is 0 Å². The van der Waals surface area contributed by atoms with Gasteiger partial charge < -0.3 is 15.4 Å². The van der Waals surface area contributed by atoms with Crippen LogP contribution in [0.15, 0.2) is 48.5 Å². The van der Waals surface area contributed by atoms with E-state index < -0.39 is 0 Å². The minimum absolute atomic E-state index is 0.114. The second-order valence-electron chi connectivity index (χ2n) is 6.54. The van der Waals surface area contributed by atoms with E-state index in [4.69, 9.17) is 4.74 Å². The number of aryl methyl sites for hydroxylation is 2. The lowest BCUT2D eigenvalue weighted by molar-refractivity contribution is 0.0943. The molecule has 6 heteroatoms. The number of carbonyl (C=O) groups is 1. The zero-order valence-corrected chi connectivity index (χ0v) is 17.4. The fourth-order valence-corrected chi connectivity index (χ4v) is 3.85. The van der Waals surface area contributed by atoms with Crippen molar-refractivity contribution in [2.45, 2.75) is 33.2 Å². The fourth-order valence-electron chi connectivity index (χ4n) is 2.96. The highest BCUT2D eigenvalue weighted by Crippen LogP contribution is 2.28. The molecule has 1 heterocycles. The van der Waals surface area contributed by atoms with E-state index in [-0.39, 0.29) is 11.9 Å². The number of hydrogen-bond acceptors (Lipinski definition) is 5. The molecule has 0 saturated carbocycles. The highest BCUT2D eigenvalue weighted by molar-refractivity contribution is 7.17. The summed E-state index contributed by atoms with van der Waals surface area (Å²) in [6, 6.07) is 15.7. The molecule has 0 saturated heterocycles. The summed E-state index contributed by atoms with van der Waals surface area (Å²) < 4.78 is 5.18. The first-order chi connectivity index (χ1) is 13.5. The summed E-state index contributed by atoms with van der Waals surface area (Å²) in [6.07, 6.45) is 0.931. The van der Waals surface area contributed by atoms with Crippen LogP contribution < -0.4 is 15.4 Å². The molecule has 146 valence electrons. The summed E-state index contributed by atoms with van der Waals surface area (Å²) in [5.41, 5.74) is 3.99. The number of methoxy groups -OCH3 is 1. The predicted octanol–water partition coefficient (Wildman–Crippen LogP) is 5.26. The average Bonchev–Trinajstić information content (AvgIpc) is 3.08. The Kier molecular flexibility index (Phi) is 6.31. The van der Waals surface area contributed by atoms with E-state index in [9.17, 15) is 4.79 Å². The Morgan fingerprint density at radius 3 is 2.57 bits per heavy atom. The van der Waals surface area contributed by atoms with Gasteiger partial charge in [0.05, 0.1) is 18.8 Å². The quantitative estimate of drug-likeness (QED) is 0.573. The molecule has 1 amide bonds. The van der Waals surface area contributed by atoms with Gasteiger partial charge in [-0.3, -0.25) is 4.79 Å². The Morgan fingerprint density at radius 1 is 1.18 bits per heavy atom. The van der Waals surface area contributed by atoms with E-state index in [1.807, 2.05) is 56.3 Å². The molecule has 0 radical (unpaired) electrons. The number of anilines is 2. The first-order valence-electron chi connectivity index (χ1n) is 9.29. The maximum atomic E-state index is 12.8. The van der Waals surface area contributed by atoms with Gasteiger partial charge in [0.25, 0.3) is 5.91 Å². The lowest BCUT2D eigenvalue weighted by Gasteiger charge is -2.14. The number of nitrogens with zero attached hydrogens (tertiary/aromatic N) is 1. The molecule has 2 N–H and O–H groups in total. The van der Waals surface area contributed by atoms with Gasteiger partial charge in [-0.25, -0.2) is 4.98 Å². The van der Waals surface area contributed by atoms with Gasteiger partial charge >= 0.3 is 0 Å². The Hall–Kier alpha value is -2.86. The number of aromatic nitrogens is 1.